The number of nitrogens with zero attached hydrogens (tertiary/aromatic N) is 5. The number of aryl methyl sites for hydroxylation is 2. The summed E-state index contributed by atoms with van der Waals surface area (Å²) in [5, 5.41) is 14.5. The van der Waals surface area contributed by atoms with E-state index in [9.17, 15) is 4.79 Å². The number of aromatic nitrogens is 6. The van der Waals surface area contributed by atoms with Crippen LogP contribution in [0.4, 0.5) is 5.82 Å². The molecule has 0 aliphatic carbocycles. The van der Waals surface area contributed by atoms with Crippen molar-refractivity contribution >= 4 is 33.0 Å². The van der Waals surface area contributed by atoms with Gasteiger partial charge >= 0.3 is 0 Å². The lowest BCUT2D eigenvalue weighted by atomic mass is 10.2. The Morgan fingerprint density at radius 1 is 1.29 bits per heavy atom. The van der Waals surface area contributed by atoms with Crippen LogP contribution in [0.2, 0.25) is 0 Å². The number of hydrogen-bond acceptors (Lipinski definition) is 7. The summed E-state index contributed by atoms with van der Waals surface area (Å²) in [7, 11) is 0. The Morgan fingerprint density at radius 3 is 3.04 bits per heavy atom. The molecule has 0 radical (unpaired) electrons. The van der Waals surface area contributed by atoms with Gasteiger partial charge in [0.05, 0.1) is 5.39 Å². The van der Waals surface area contributed by atoms with Crippen LogP contribution in [0.5, 0.6) is 0 Å². The Hall–Kier alpha value is -2.81. The molecule has 9 heteroatoms. The molecule has 0 fully saturated rings. The third kappa shape index (κ3) is 2.42. The topological polar surface area (TPSA) is 101 Å². The zero-order chi connectivity index (χ0) is 16.7. The lowest BCUT2D eigenvalue weighted by molar-refractivity contribution is 0.864. The average Bonchev–Trinajstić information content (AvgIpc) is 3.13. The number of H-pyrrole nitrogens is 1. The molecule has 4 aromatic heterocycles. The van der Waals surface area contributed by atoms with Crippen molar-refractivity contribution in [3.63, 3.8) is 0 Å². The van der Waals surface area contributed by atoms with Crippen molar-refractivity contribution in [2.75, 3.05) is 11.9 Å². The van der Waals surface area contributed by atoms with E-state index in [1.165, 1.54) is 0 Å². The van der Waals surface area contributed by atoms with Crippen LogP contribution in [-0.2, 0) is 6.42 Å². The molecule has 4 rings (SSSR count). The van der Waals surface area contributed by atoms with Crippen LogP contribution in [-0.4, -0.2) is 36.1 Å². The van der Waals surface area contributed by atoms with Gasteiger partial charge in [-0.15, -0.1) is 21.5 Å². The van der Waals surface area contributed by atoms with Crippen molar-refractivity contribution < 1.29 is 0 Å². The minimum absolute atomic E-state index is 0.244. The van der Waals surface area contributed by atoms with Crippen LogP contribution < -0.4 is 10.9 Å². The fraction of sp³-hybridized carbons (Fsp3) is 0.267. The van der Waals surface area contributed by atoms with E-state index in [0.717, 1.165) is 33.2 Å². The van der Waals surface area contributed by atoms with Crippen molar-refractivity contribution in [1.82, 2.24) is 29.5 Å². The average molecular weight is 341 g/mol. The smallest absolute Gasteiger partial charge is 0.293 e. The van der Waals surface area contributed by atoms with Crippen LogP contribution in [0.25, 0.3) is 15.9 Å². The van der Waals surface area contributed by atoms with Gasteiger partial charge in [0, 0.05) is 25.4 Å². The van der Waals surface area contributed by atoms with Crippen molar-refractivity contribution in [2.45, 2.75) is 20.3 Å². The highest BCUT2D eigenvalue weighted by Crippen LogP contribution is 2.29. The summed E-state index contributed by atoms with van der Waals surface area (Å²) in [5.41, 5.74) is 1.23. The maximum Gasteiger partial charge on any atom is 0.293 e. The summed E-state index contributed by atoms with van der Waals surface area (Å²) < 4.78 is 1.71. The van der Waals surface area contributed by atoms with Gasteiger partial charge in [-0.1, -0.05) is 0 Å². The van der Waals surface area contributed by atoms with Gasteiger partial charge in [-0.05, 0) is 24.8 Å². The standard InChI is InChI=1S/C15H15N7OS/c1-8-7-24-15-11(8)12(18-9(2)19-15)16-4-3-10-20-21-13-14(23)17-5-6-22(10)13/h5-7H,3-4H2,1-2H3,(H,17,23)(H,16,18,19). The normalized spacial score (nSPS) is 11.4. The minimum atomic E-state index is -0.244. The van der Waals surface area contributed by atoms with Gasteiger partial charge < -0.3 is 10.3 Å². The van der Waals surface area contributed by atoms with Crippen molar-refractivity contribution in [3.8, 4) is 0 Å². The molecule has 0 aliphatic rings. The molecule has 24 heavy (non-hydrogen) atoms. The molecule has 0 amide bonds. The number of aromatic amines is 1. The number of rotatable bonds is 4. The van der Waals surface area contributed by atoms with Crippen LogP contribution in [0, 0.1) is 13.8 Å². The molecule has 4 aromatic rings. The zero-order valence-electron chi connectivity index (χ0n) is 13.2. The first-order chi connectivity index (χ1) is 11.6. The van der Waals surface area contributed by atoms with E-state index in [-0.39, 0.29) is 5.56 Å². The van der Waals surface area contributed by atoms with Gasteiger partial charge in [0.15, 0.2) is 0 Å². The van der Waals surface area contributed by atoms with Crippen LogP contribution in [0.15, 0.2) is 22.6 Å². The summed E-state index contributed by atoms with van der Waals surface area (Å²) in [6.07, 6.45) is 3.96. The lowest BCUT2D eigenvalue weighted by Gasteiger charge is -2.08. The van der Waals surface area contributed by atoms with E-state index in [1.807, 2.05) is 6.92 Å². The van der Waals surface area contributed by atoms with Gasteiger partial charge in [-0.3, -0.25) is 9.20 Å². The maximum absolute atomic E-state index is 11.7. The molecule has 0 bridgehead atoms. The number of thiophene rings is 1. The molecule has 122 valence electrons. The highest BCUT2D eigenvalue weighted by atomic mass is 32.1. The second-order valence-corrected chi connectivity index (χ2v) is 6.35. The molecular formula is C15H15N7OS. The quantitative estimate of drug-likeness (QED) is 0.586. The number of hydrogen-bond donors (Lipinski definition) is 2. The molecule has 0 spiro atoms. The first kappa shape index (κ1) is 14.8. The molecular weight excluding hydrogens is 326 g/mol. The van der Waals surface area contributed by atoms with Gasteiger partial charge in [-0.25, -0.2) is 9.97 Å². The number of fused-ring (bicyclic) bond motifs is 2. The summed E-state index contributed by atoms with van der Waals surface area (Å²) in [5.74, 6) is 2.31. The summed E-state index contributed by atoms with van der Waals surface area (Å²) in [4.78, 5) is 24.2. The molecule has 0 saturated heterocycles. The Balaban J connectivity index is 1.58. The Kier molecular flexibility index (Phi) is 3.49. The predicted molar refractivity (Wildman–Crippen MR) is 92.7 cm³/mol. The van der Waals surface area contributed by atoms with Crippen LogP contribution in [0.1, 0.15) is 17.2 Å². The van der Waals surface area contributed by atoms with E-state index >= 15 is 0 Å². The highest BCUT2D eigenvalue weighted by Gasteiger charge is 2.11. The summed E-state index contributed by atoms with van der Waals surface area (Å²) in [6.45, 7) is 4.58. The van der Waals surface area contributed by atoms with Crippen molar-refractivity contribution in [1.29, 1.82) is 0 Å². The molecule has 4 heterocycles. The molecule has 0 unspecified atom stereocenters. The SMILES string of the molecule is Cc1nc(NCCc2nnc3c(=O)[nH]ccn23)c2c(C)csc2n1. The maximum atomic E-state index is 11.7. The second kappa shape index (κ2) is 5.68. The highest BCUT2D eigenvalue weighted by molar-refractivity contribution is 7.17. The zero-order valence-corrected chi connectivity index (χ0v) is 14.0. The molecule has 2 N–H and O–H groups in total. The van der Waals surface area contributed by atoms with Crippen molar-refractivity contribution in [2.24, 2.45) is 0 Å². The monoisotopic (exact) mass is 341 g/mol. The fourth-order valence-electron chi connectivity index (χ4n) is 2.67. The third-order valence-electron chi connectivity index (χ3n) is 3.78. The van der Waals surface area contributed by atoms with Gasteiger partial charge in [0.2, 0.25) is 5.65 Å². The van der Waals surface area contributed by atoms with Gasteiger partial charge in [0.25, 0.3) is 5.56 Å². The number of nitrogens with one attached hydrogen (secondary N) is 2. The lowest BCUT2D eigenvalue weighted by Crippen LogP contribution is -2.12. The largest absolute Gasteiger partial charge is 0.369 e. The van der Waals surface area contributed by atoms with E-state index in [0.29, 0.717) is 18.6 Å². The Bertz CT molecular complexity index is 1090. The van der Waals surface area contributed by atoms with E-state index in [2.05, 4.69) is 42.8 Å². The Morgan fingerprint density at radius 2 is 2.17 bits per heavy atom. The first-order valence-corrected chi connectivity index (χ1v) is 8.39. The number of anilines is 1. The molecule has 8 nitrogen and oxygen atoms in total. The molecule has 0 aromatic carbocycles. The first-order valence-electron chi connectivity index (χ1n) is 7.51. The van der Waals surface area contributed by atoms with Gasteiger partial charge in [0.1, 0.15) is 22.3 Å². The summed E-state index contributed by atoms with van der Waals surface area (Å²) >= 11 is 1.62. The van der Waals surface area contributed by atoms with E-state index in [4.69, 9.17) is 0 Å². The summed E-state index contributed by atoms with van der Waals surface area (Å²) in [6, 6.07) is 0. The third-order valence-corrected chi connectivity index (χ3v) is 4.77. The van der Waals surface area contributed by atoms with E-state index in [1.54, 1.807) is 28.1 Å². The van der Waals surface area contributed by atoms with Crippen molar-refractivity contribution in [3.05, 3.63) is 45.3 Å². The minimum Gasteiger partial charge on any atom is -0.369 e. The van der Waals surface area contributed by atoms with Crippen LogP contribution >= 0.6 is 11.3 Å². The molecule has 0 atom stereocenters. The van der Waals surface area contributed by atoms with E-state index < -0.39 is 0 Å². The Labute approximate surface area is 140 Å². The fourth-order valence-corrected chi connectivity index (χ4v) is 3.64. The van der Waals surface area contributed by atoms with Gasteiger partial charge in [-0.2, -0.15) is 0 Å². The molecule has 0 aliphatic heterocycles. The predicted octanol–water partition coefficient (Wildman–Crippen LogP) is 1.69. The molecule has 0 saturated carbocycles. The van der Waals surface area contributed by atoms with Crippen LogP contribution in [0.3, 0.4) is 0 Å². The second-order valence-electron chi connectivity index (χ2n) is 5.49.